The Kier molecular flexibility index (Phi) is 6.38. The molecule has 0 saturated carbocycles. The Morgan fingerprint density at radius 1 is 1.00 bits per heavy atom. The van der Waals surface area contributed by atoms with Crippen molar-refractivity contribution < 1.29 is 9.47 Å². The van der Waals surface area contributed by atoms with Gasteiger partial charge in [-0.25, -0.2) is 0 Å². The molecule has 2 N–H and O–H groups in total. The molecule has 0 spiro atoms. The molecule has 0 radical (unpaired) electrons. The van der Waals surface area contributed by atoms with Crippen molar-refractivity contribution in [3.8, 4) is 11.5 Å². The SMILES string of the molecule is COc1ccc(OCCn2c(N)nnc2SCCc2ccccc2)cc1. The van der Waals surface area contributed by atoms with Crippen LogP contribution in [-0.2, 0) is 13.0 Å². The summed E-state index contributed by atoms with van der Waals surface area (Å²) in [5.74, 6) is 2.92. The Morgan fingerprint density at radius 3 is 2.46 bits per heavy atom. The van der Waals surface area contributed by atoms with Crippen LogP contribution >= 0.6 is 11.8 Å². The maximum Gasteiger partial charge on any atom is 0.222 e. The van der Waals surface area contributed by atoms with Crippen LogP contribution in [0.25, 0.3) is 0 Å². The van der Waals surface area contributed by atoms with Gasteiger partial charge in [-0.05, 0) is 36.2 Å². The number of methoxy groups -OCH3 is 1. The topological polar surface area (TPSA) is 75.2 Å². The minimum atomic E-state index is 0.408. The van der Waals surface area contributed by atoms with Gasteiger partial charge >= 0.3 is 0 Å². The predicted molar refractivity (Wildman–Crippen MR) is 104 cm³/mol. The molecule has 6 nitrogen and oxygen atoms in total. The summed E-state index contributed by atoms with van der Waals surface area (Å²) in [6, 6.07) is 17.9. The average Bonchev–Trinajstić information content (AvgIpc) is 3.03. The number of ether oxygens (including phenoxy) is 2. The number of aromatic nitrogens is 3. The molecule has 1 aromatic heterocycles. The van der Waals surface area contributed by atoms with Crippen molar-refractivity contribution in [1.82, 2.24) is 14.8 Å². The van der Waals surface area contributed by atoms with Crippen molar-refractivity contribution >= 4 is 17.7 Å². The third kappa shape index (κ3) is 4.92. The fourth-order valence-corrected chi connectivity index (χ4v) is 3.41. The fraction of sp³-hybridized carbons (Fsp3) is 0.263. The van der Waals surface area contributed by atoms with Gasteiger partial charge in [0.2, 0.25) is 5.95 Å². The molecule has 136 valence electrons. The zero-order chi connectivity index (χ0) is 18.2. The van der Waals surface area contributed by atoms with Gasteiger partial charge in [0.15, 0.2) is 5.16 Å². The van der Waals surface area contributed by atoms with Crippen molar-refractivity contribution in [2.45, 2.75) is 18.1 Å². The van der Waals surface area contributed by atoms with Crippen LogP contribution in [-0.4, -0.2) is 34.2 Å². The second kappa shape index (κ2) is 9.15. The van der Waals surface area contributed by atoms with E-state index in [0.717, 1.165) is 28.8 Å². The molecule has 0 amide bonds. The van der Waals surface area contributed by atoms with E-state index in [1.807, 2.05) is 34.9 Å². The Morgan fingerprint density at radius 2 is 1.73 bits per heavy atom. The molecule has 0 aliphatic carbocycles. The number of hydrogen-bond acceptors (Lipinski definition) is 6. The Bertz CT molecular complexity index is 806. The molecule has 0 bridgehead atoms. The maximum atomic E-state index is 5.95. The highest BCUT2D eigenvalue weighted by Gasteiger charge is 2.10. The molecule has 1 heterocycles. The van der Waals surface area contributed by atoms with Crippen molar-refractivity contribution in [2.24, 2.45) is 0 Å². The lowest BCUT2D eigenvalue weighted by molar-refractivity contribution is 0.294. The molecule has 0 aliphatic heterocycles. The summed E-state index contributed by atoms with van der Waals surface area (Å²) in [5.41, 5.74) is 7.25. The summed E-state index contributed by atoms with van der Waals surface area (Å²) in [6.07, 6.45) is 0.973. The molecule has 0 atom stereocenters. The molecule has 3 aromatic rings. The van der Waals surface area contributed by atoms with E-state index in [1.165, 1.54) is 5.56 Å². The molecule has 2 aromatic carbocycles. The van der Waals surface area contributed by atoms with Crippen LogP contribution in [0.3, 0.4) is 0 Å². The normalized spacial score (nSPS) is 10.7. The quantitative estimate of drug-likeness (QED) is 0.583. The van der Waals surface area contributed by atoms with Crippen LogP contribution in [0.15, 0.2) is 59.8 Å². The highest BCUT2D eigenvalue weighted by Crippen LogP contribution is 2.20. The first-order valence-corrected chi connectivity index (χ1v) is 9.37. The van der Waals surface area contributed by atoms with E-state index < -0.39 is 0 Å². The van der Waals surface area contributed by atoms with E-state index in [4.69, 9.17) is 15.2 Å². The van der Waals surface area contributed by atoms with Gasteiger partial charge in [-0.2, -0.15) is 0 Å². The summed E-state index contributed by atoms with van der Waals surface area (Å²) < 4.78 is 12.8. The molecule has 26 heavy (non-hydrogen) atoms. The number of anilines is 1. The molecule has 0 unspecified atom stereocenters. The van der Waals surface area contributed by atoms with E-state index >= 15 is 0 Å². The van der Waals surface area contributed by atoms with Gasteiger partial charge < -0.3 is 15.2 Å². The van der Waals surface area contributed by atoms with Crippen LogP contribution in [0.5, 0.6) is 11.5 Å². The number of nitrogens with two attached hydrogens (primary N) is 1. The van der Waals surface area contributed by atoms with Gasteiger partial charge in [-0.3, -0.25) is 4.57 Å². The molecule has 3 rings (SSSR count). The lowest BCUT2D eigenvalue weighted by Gasteiger charge is -2.10. The first-order chi connectivity index (χ1) is 12.8. The summed E-state index contributed by atoms with van der Waals surface area (Å²) in [4.78, 5) is 0. The number of benzene rings is 2. The molecule has 0 saturated heterocycles. The lowest BCUT2D eigenvalue weighted by Crippen LogP contribution is -2.12. The van der Waals surface area contributed by atoms with Gasteiger partial charge in [-0.15, -0.1) is 10.2 Å². The van der Waals surface area contributed by atoms with Gasteiger partial charge in [0.25, 0.3) is 0 Å². The molecular formula is C19H22N4O2S. The molecule has 0 fully saturated rings. The van der Waals surface area contributed by atoms with E-state index in [-0.39, 0.29) is 0 Å². The predicted octanol–water partition coefficient (Wildman–Crippen LogP) is 3.28. The van der Waals surface area contributed by atoms with Crippen molar-refractivity contribution in [3.63, 3.8) is 0 Å². The third-order valence-corrected chi connectivity index (χ3v) is 4.82. The number of rotatable bonds is 9. The summed E-state index contributed by atoms with van der Waals surface area (Å²) in [5, 5.41) is 8.98. The van der Waals surface area contributed by atoms with Crippen molar-refractivity contribution in [3.05, 3.63) is 60.2 Å². The highest BCUT2D eigenvalue weighted by atomic mass is 32.2. The summed E-state index contributed by atoms with van der Waals surface area (Å²) >= 11 is 1.65. The van der Waals surface area contributed by atoms with E-state index in [9.17, 15) is 0 Å². The summed E-state index contributed by atoms with van der Waals surface area (Å²) in [7, 11) is 1.64. The second-order valence-electron chi connectivity index (χ2n) is 5.60. The van der Waals surface area contributed by atoms with Crippen LogP contribution in [0, 0.1) is 0 Å². The Labute approximate surface area is 157 Å². The number of aryl methyl sites for hydroxylation is 1. The smallest absolute Gasteiger partial charge is 0.222 e. The lowest BCUT2D eigenvalue weighted by atomic mass is 10.2. The van der Waals surface area contributed by atoms with Crippen LogP contribution in [0.1, 0.15) is 5.56 Å². The van der Waals surface area contributed by atoms with Crippen LogP contribution in [0.2, 0.25) is 0 Å². The minimum absolute atomic E-state index is 0.408. The number of thioether (sulfide) groups is 1. The fourth-order valence-electron chi connectivity index (χ4n) is 2.45. The molecule has 7 heteroatoms. The second-order valence-corrected chi connectivity index (χ2v) is 6.66. The van der Waals surface area contributed by atoms with E-state index in [2.05, 4.69) is 34.5 Å². The first kappa shape index (κ1) is 18.1. The minimum Gasteiger partial charge on any atom is -0.497 e. The Balaban J connectivity index is 1.50. The molecule has 0 aliphatic rings. The zero-order valence-corrected chi connectivity index (χ0v) is 15.5. The van der Waals surface area contributed by atoms with Gasteiger partial charge in [0.05, 0.1) is 13.7 Å². The average molecular weight is 370 g/mol. The van der Waals surface area contributed by atoms with E-state index in [0.29, 0.717) is 19.1 Å². The number of nitrogens with zero attached hydrogens (tertiary/aromatic N) is 3. The summed E-state index contributed by atoms with van der Waals surface area (Å²) in [6.45, 7) is 1.08. The first-order valence-electron chi connectivity index (χ1n) is 8.38. The standard InChI is InChI=1S/C19H22N4O2S/c1-24-16-7-9-17(10-8-16)25-13-12-23-18(20)21-22-19(23)26-14-11-15-5-3-2-4-6-15/h2-10H,11-14H2,1H3,(H2,20,21). The zero-order valence-electron chi connectivity index (χ0n) is 14.7. The van der Waals surface area contributed by atoms with Crippen molar-refractivity contribution in [1.29, 1.82) is 0 Å². The van der Waals surface area contributed by atoms with Crippen LogP contribution in [0.4, 0.5) is 5.95 Å². The largest absolute Gasteiger partial charge is 0.497 e. The number of hydrogen-bond donors (Lipinski definition) is 1. The van der Waals surface area contributed by atoms with Gasteiger partial charge in [-0.1, -0.05) is 42.1 Å². The van der Waals surface area contributed by atoms with Gasteiger partial charge in [0.1, 0.15) is 18.1 Å². The number of nitrogen functional groups attached to an aromatic ring is 1. The van der Waals surface area contributed by atoms with Gasteiger partial charge in [0, 0.05) is 5.75 Å². The maximum absolute atomic E-state index is 5.95. The van der Waals surface area contributed by atoms with Crippen molar-refractivity contribution in [2.75, 3.05) is 25.2 Å². The highest BCUT2D eigenvalue weighted by molar-refractivity contribution is 7.99. The Hall–Kier alpha value is -2.67. The third-order valence-electron chi connectivity index (χ3n) is 3.85. The molecular weight excluding hydrogens is 348 g/mol. The van der Waals surface area contributed by atoms with E-state index in [1.54, 1.807) is 18.9 Å². The van der Waals surface area contributed by atoms with Crippen LogP contribution < -0.4 is 15.2 Å². The monoisotopic (exact) mass is 370 g/mol.